The van der Waals surface area contributed by atoms with Crippen molar-refractivity contribution in [2.75, 3.05) is 7.05 Å². The lowest BCUT2D eigenvalue weighted by molar-refractivity contribution is 0.310. The molecule has 0 spiro atoms. The Bertz CT molecular complexity index is 892. The average Bonchev–Trinajstić information content (AvgIpc) is 2.49. The van der Waals surface area contributed by atoms with Crippen LogP contribution in [0.15, 0.2) is 51.7 Å². The second-order valence-electron chi connectivity index (χ2n) is 5.47. The molecule has 0 fully saturated rings. The molecule has 3 rings (SSSR count). The zero-order chi connectivity index (χ0) is 16.4. The molecule has 1 aromatic heterocycles. The van der Waals surface area contributed by atoms with Crippen LogP contribution >= 0.6 is 27.5 Å². The van der Waals surface area contributed by atoms with Gasteiger partial charge in [0.1, 0.15) is 5.82 Å². The van der Waals surface area contributed by atoms with Crippen LogP contribution in [0.2, 0.25) is 5.02 Å². The SMILES string of the molecule is CN(Cc1ccc(Br)cc1)Cc1nc2cc(Cl)ccc2c(=O)[nH]1. The maximum absolute atomic E-state index is 12.1. The second-order valence-corrected chi connectivity index (χ2v) is 6.82. The monoisotopic (exact) mass is 391 g/mol. The van der Waals surface area contributed by atoms with Crippen molar-refractivity contribution in [3.05, 3.63) is 73.7 Å². The van der Waals surface area contributed by atoms with Crippen LogP contribution in [0.1, 0.15) is 11.4 Å². The highest BCUT2D eigenvalue weighted by molar-refractivity contribution is 9.10. The van der Waals surface area contributed by atoms with Crippen molar-refractivity contribution < 1.29 is 0 Å². The standard InChI is InChI=1S/C17H15BrClN3O/c1-22(9-11-2-4-12(18)5-3-11)10-16-20-15-8-13(19)6-7-14(15)17(23)21-16/h2-8H,9-10H2,1H3,(H,20,21,23). The molecule has 0 amide bonds. The summed E-state index contributed by atoms with van der Waals surface area (Å²) < 4.78 is 1.06. The quantitative estimate of drug-likeness (QED) is 0.731. The summed E-state index contributed by atoms with van der Waals surface area (Å²) in [6.07, 6.45) is 0. The molecule has 3 aromatic rings. The Kier molecular flexibility index (Phi) is 4.80. The van der Waals surface area contributed by atoms with Gasteiger partial charge in [0.25, 0.3) is 5.56 Å². The van der Waals surface area contributed by atoms with Crippen molar-refractivity contribution in [3.63, 3.8) is 0 Å². The summed E-state index contributed by atoms with van der Waals surface area (Å²) in [5, 5.41) is 1.12. The fourth-order valence-corrected chi connectivity index (χ4v) is 2.88. The molecule has 1 N–H and O–H groups in total. The molecule has 0 aliphatic heterocycles. The van der Waals surface area contributed by atoms with Crippen molar-refractivity contribution in [1.82, 2.24) is 14.9 Å². The van der Waals surface area contributed by atoms with Gasteiger partial charge < -0.3 is 4.98 Å². The van der Waals surface area contributed by atoms with Crippen molar-refractivity contribution in [2.45, 2.75) is 13.1 Å². The van der Waals surface area contributed by atoms with E-state index in [0.29, 0.717) is 28.3 Å². The molecule has 0 saturated heterocycles. The Balaban J connectivity index is 1.80. The van der Waals surface area contributed by atoms with E-state index in [0.717, 1.165) is 11.0 Å². The molecule has 0 saturated carbocycles. The van der Waals surface area contributed by atoms with Gasteiger partial charge in [-0.15, -0.1) is 0 Å². The number of aromatic nitrogens is 2. The van der Waals surface area contributed by atoms with Gasteiger partial charge in [0, 0.05) is 16.0 Å². The first-order valence-electron chi connectivity index (χ1n) is 7.13. The number of rotatable bonds is 4. The van der Waals surface area contributed by atoms with Crippen LogP contribution in [0.3, 0.4) is 0 Å². The molecule has 0 atom stereocenters. The Labute approximate surface area is 147 Å². The number of nitrogens with one attached hydrogen (secondary N) is 1. The van der Waals surface area contributed by atoms with Gasteiger partial charge in [-0.05, 0) is 42.9 Å². The minimum absolute atomic E-state index is 0.140. The second kappa shape index (κ2) is 6.83. The molecule has 0 radical (unpaired) electrons. The minimum Gasteiger partial charge on any atom is -0.309 e. The molecule has 1 heterocycles. The third-order valence-corrected chi connectivity index (χ3v) is 4.27. The van der Waals surface area contributed by atoms with E-state index in [1.165, 1.54) is 5.56 Å². The van der Waals surface area contributed by atoms with E-state index in [1.54, 1.807) is 18.2 Å². The smallest absolute Gasteiger partial charge is 0.258 e. The minimum atomic E-state index is -0.140. The number of aromatic amines is 1. The molecule has 118 valence electrons. The molecule has 0 aliphatic rings. The Morgan fingerprint density at radius 3 is 2.65 bits per heavy atom. The highest BCUT2D eigenvalue weighted by Crippen LogP contribution is 2.15. The number of hydrogen-bond donors (Lipinski definition) is 1. The fraction of sp³-hybridized carbons (Fsp3) is 0.176. The lowest BCUT2D eigenvalue weighted by Gasteiger charge is -2.16. The third-order valence-electron chi connectivity index (χ3n) is 3.50. The van der Waals surface area contributed by atoms with E-state index in [1.807, 2.05) is 19.2 Å². The lowest BCUT2D eigenvalue weighted by atomic mass is 10.2. The number of H-pyrrole nitrogens is 1. The zero-order valence-corrected chi connectivity index (χ0v) is 14.9. The van der Waals surface area contributed by atoms with Crippen LogP contribution in [-0.4, -0.2) is 21.9 Å². The Morgan fingerprint density at radius 1 is 1.17 bits per heavy atom. The van der Waals surface area contributed by atoms with Gasteiger partial charge >= 0.3 is 0 Å². The van der Waals surface area contributed by atoms with Crippen LogP contribution in [0, 0.1) is 0 Å². The molecule has 6 heteroatoms. The molecular formula is C17H15BrClN3O. The summed E-state index contributed by atoms with van der Waals surface area (Å²) in [7, 11) is 1.99. The third kappa shape index (κ3) is 3.99. The summed E-state index contributed by atoms with van der Waals surface area (Å²) in [6, 6.07) is 13.3. The van der Waals surface area contributed by atoms with Crippen molar-refractivity contribution >= 4 is 38.4 Å². The van der Waals surface area contributed by atoms with Crippen molar-refractivity contribution in [1.29, 1.82) is 0 Å². The van der Waals surface area contributed by atoms with E-state index in [9.17, 15) is 4.79 Å². The van der Waals surface area contributed by atoms with Gasteiger partial charge in [0.2, 0.25) is 0 Å². The van der Waals surface area contributed by atoms with Crippen molar-refractivity contribution in [2.24, 2.45) is 0 Å². The van der Waals surface area contributed by atoms with Crippen LogP contribution in [-0.2, 0) is 13.1 Å². The Hall–Kier alpha value is -1.69. The zero-order valence-electron chi connectivity index (χ0n) is 12.5. The predicted molar refractivity (Wildman–Crippen MR) is 96.7 cm³/mol. The number of benzene rings is 2. The van der Waals surface area contributed by atoms with Crippen molar-refractivity contribution in [3.8, 4) is 0 Å². The predicted octanol–water partition coefficient (Wildman–Crippen LogP) is 3.97. The largest absolute Gasteiger partial charge is 0.309 e. The first kappa shape index (κ1) is 16.2. The topological polar surface area (TPSA) is 49.0 Å². The number of hydrogen-bond acceptors (Lipinski definition) is 3. The normalized spacial score (nSPS) is 11.3. The maximum Gasteiger partial charge on any atom is 0.258 e. The van der Waals surface area contributed by atoms with Crippen LogP contribution in [0.4, 0.5) is 0 Å². The van der Waals surface area contributed by atoms with Gasteiger partial charge in [-0.3, -0.25) is 9.69 Å². The maximum atomic E-state index is 12.1. The number of fused-ring (bicyclic) bond motifs is 1. The van der Waals surface area contributed by atoms with E-state index in [4.69, 9.17) is 11.6 Å². The van der Waals surface area contributed by atoms with E-state index < -0.39 is 0 Å². The van der Waals surface area contributed by atoms with E-state index in [-0.39, 0.29) is 5.56 Å². The van der Waals surface area contributed by atoms with Gasteiger partial charge in [-0.25, -0.2) is 4.98 Å². The number of nitrogens with zero attached hydrogens (tertiary/aromatic N) is 2. The molecule has 4 nitrogen and oxygen atoms in total. The first-order chi connectivity index (χ1) is 11.0. The number of halogens is 2. The lowest BCUT2D eigenvalue weighted by Crippen LogP contribution is -2.21. The van der Waals surface area contributed by atoms with Crippen LogP contribution in [0.25, 0.3) is 10.9 Å². The van der Waals surface area contributed by atoms with Gasteiger partial charge in [-0.1, -0.05) is 39.7 Å². The fourth-order valence-electron chi connectivity index (χ4n) is 2.45. The van der Waals surface area contributed by atoms with Gasteiger partial charge in [0.15, 0.2) is 0 Å². The molecular weight excluding hydrogens is 378 g/mol. The molecule has 0 unspecified atom stereocenters. The summed E-state index contributed by atoms with van der Waals surface area (Å²) >= 11 is 9.41. The average molecular weight is 393 g/mol. The highest BCUT2D eigenvalue weighted by atomic mass is 79.9. The highest BCUT2D eigenvalue weighted by Gasteiger charge is 2.08. The molecule has 2 aromatic carbocycles. The van der Waals surface area contributed by atoms with Crippen LogP contribution < -0.4 is 5.56 Å². The van der Waals surface area contributed by atoms with Crippen LogP contribution in [0.5, 0.6) is 0 Å². The summed E-state index contributed by atoms with van der Waals surface area (Å²) in [5.74, 6) is 0.629. The summed E-state index contributed by atoms with van der Waals surface area (Å²) in [5.41, 5.74) is 1.67. The molecule has 0 bridgehead atoms. The molecule has 0 aliphatic carbocycles. The van der Waals surface area contributed by atoms with E-state index in [2.05, 4.69) is 42.9 Å². The summed E-state index contributed by atoms with van der Waals surface area (Å²) in [4.78, 5) is 21.6. The Morgan fingerprint density at radius 2 is 1.91 bits per heavy atom. The van der Waals surface area contributed by atoms with E-state index >= 15 is 0 Å². The van der Waals surface area contributed by atoms with Gasteiger partial charge in [0.05, 0.1) is 17.4 Å². The van der Waals surface area contributed by atoms with Gasteiger partial charge in [-0.2, -0.15) is 0 Å². The first-order valence-corrected chi connectivity index (χ1v) is 8.30. The molecule has 23 heavy (non-hydrogen) atoms. The summed E-state index contributed by atoms with van der Waals surface area (Å²) in [6.45, 7) is 1.32.